The van der Waals surface area contributed by atoms with Crippen molar-refractivity contribution in [2.45, 2.75) is 18.5 Å². The molecule has 6 nitrogen and oxygen atoms in total. The minimum atomic E-state index is -0.342. The van der Waals surface area contributed by atoms with Gasteiger partial charge in [0.25, 0.3) is 5.91 Å². The lowest BCUT2D eigenvalue weighted by molar-refractivity contribution is -0.131. The van der Waals surface area contributed by atoms with Crippen molar-refractivity contribution >= 4 is 5.91 Å². The summed E-state index contributed by atoms with van der Waals surface area (Å²) in [7, 11) is 0. The minimum Gasteiger partial charge on any atom is -0.379 e. The largest absolute Gasteiger partial charge is 0.379 e. The summed E-state index contributed by atoms with van der Waals surface area (Å²) in [5, 5.41) is 11.6. The van der Waals surface area contributed by atoms with Crippen molar-refractivity contribution in [3.05, 3.63) is 0 Å². The van der Waals surface area contributed by atoms with Crippen molar-refractivity contribution < 1.29 is 14.7 Å². The first kappa shape index (κ1) is 10.8. The van der Waals surface area contributed by atoms with Crippen molar-refractivity contribution in [3.8, 4) is 0 Å². The van der Waals surface area contributed by atoms with Gasteiger partial charge in [-0.05, 0) is 6.42 Å². The van der Waals surface area contributed by atoms with E-state index in [0.29, 0.717) is 6.04 Å². The summed E-state index contributed by atoms with van der Waals surface area (Å²) in [6.07, 6.45) is 0.756. The van der Waals surface area contributed by atoms with Crippen LogP contribution in [0.4, 0.5) is 0 Å². The van der Waals surface area contributed by atoms with Gasteiger partial charge in [0.2, 0.25) is 0 Å². The van der Waals surface area contributed by atoms with Crippen LogP contribution in [0.1, 0.15) is 6.42 Å². The highest BCUT2D eigenvalue weighted by atomic mass is 16.5. The van der Waals surface area contributed by atoms with Crippen LogP contribution >= 0.6 is 0 Å². The Hall–Kier alpha value is -0.690. The standard InChI is InChI=1S/C9H17N3O3/c13-9(11-14)8-5-7(6-10-8)12-1-3-15-4-2-12/h7-8,10,14H,1-6H2,(H,11,13)/t7-,8+/m0/s1. The number of nitrogens with zero attached hydrogens (tertiary/aromatic N) is 1. The second-order valence-corrected chi connectivity index (χ2v) is 3.97. The molecule has 0 aromatic rings. The molecule has 3 N–H and O–H groups in total. The van der Waals surface area contributed by atoms with Crippen molar-refractivity contribution in [3.63, 3.8) is 0 Å². The normalized spacial score (nSPS) is 32.9. The van der Waals surface area contributed by atoms with Gasteiger partial charge >= 0.3 is 0 Å². The van der Waals surface area contributed by atoms with E-state index in [1.54, 1.807) is 5.48 Å². The van der Waals surface area contributed by atoms with Crippen LogP contribution in [0.3, 0.4) is 0 Å². The maximum atomic E-state index is 11.2. The van der Waals surface area contributed by atoms with Gasteiger partial charge in [-0.1, -0.05) is 0 Å². The van der Waals surface area contributed by atoms with E-state index in [2.05, 4.69) is 10.2 Å². The molecule has 2 aliphatic heterocycles. The van der Waals surface area contributed by atoms with E-state index in [1.165, 1.54) is 0 Å². The SMILES string of the molecule is O=C(NO)[C@H]1C[C@H](N2CCOCC2)CN1. The van der Waals surface area contributed by atoms with Crippen molar-refractivity contribution in [2.24, 2.45) is 0 Å². The highest BCUT2D eigenvalue weighted by Crippen LogP contribution is 2.15. The first-order valence-electron chi connectivity index (χ1n) is 5.30. The molecular weight excluding hydrogens is 198 g/mol. The zero-order chi connectivity index (χ0) is 10.7. The maximum absolute atomic E-state index is 11.2. The summed E-state index contributed by atoms with van der Waals surface area (Å²) >= 11 is 0. The van der Waals surface area contributed by atoms with Crippen molar-refractivity contribution in [2.75, 3.05) is 32.8 Å². The molecule has 0 bridgehead atoms. The summed E-state index contributed by atoms with van der Waals surface area (Å²) in [6.45, 7) is 4.21. The van der Waals surface area contributed by atoms with Gasteiger partial charge in [-0.3, -0.25) is 14.9 Å². The lowest BCUT2D eigenvalue weighted by atomic mass is 10.1. The van der Waals surface area contributed by atoms with Gasteiger partial charge < -0.3 is 10.1 Å². The third-order valence-electron chi connectivity index (χ3n) is 3.10. The van der Waals surface area contributed by atoms with Gasteiger partial charge in [0.05, 0.1) is 19.3 Å². The third kappa shape index (κ3) is 2.46. The molecule has 2 heterocycles. The van der Waals surface area contributed by atoms with Gasteiger partial charge in [-0.25, -0.2) is 5.48 Å². The number of morpholine rings is 1. The van der Waals surface area contributed by atoms with Gasteiger partial charge in [0, 0.05) is 25.7 Å². The summed E-state index contributed by atoms with van der Waals surface area (Å²) in [5.41, 5.74) is 1.69. The fraction of sp³-hybridized carbons (Fsp3) is 0.889. The molecule has 6 heteroatoms. The number of ether oxygens (including phenoxy) is 1. The van der Waals surface area contributed by atoms with Crippen LogP contribution in [-0.2, 0) is 9.53 Å². The number of rotatable bonds is 2. The van der Waals surface area contributed by atoms with Gasteiger partial charge in [-0.15, -0.1) is 0 Å². The number of amides is 1. The van der Waals surface area contributed by atoms with Crippen LogP contribution < -0.4 is 10.8 Å². The predicted molar refractivity (Wildman–Crippen MR) is 52.5 cm³/mol. The molecule has 86 valence electrons. The third-order valence-corrected chi connectivity index (χ3v) is 3.10. The van der Waals surface area contributed by atoms with Crippen LogP contribution in [0.15, 0.2) is 0 Å². The number of hydrogen-bond acceptors (Lipinski definition) is 5. The van der Waals surface area contributed by atoms with Crippen LogP contribution in [0.5, 0.6) is 0 Å². The Labute approximate surface area is 88.5 Å². The molecule has 0 spiro atoms. The molecule has 2 fully saturated rings. The summed E-state index contributed by atoms with van der Waals surface area (Å²) in [6, 6.07) is 0.124. The lowest BCUT2D eigenvalue weighted by Gasteiger charge is -2.31. The summed E-state index contributed by atoms with van der Waals surface area (Å²) in [5.74, 6) is -0.342. The smallest absolute Gasteiger partial charge is 0.260 e. The molecule has 0 unspecified atom stereocenters. The molecular formula is C9H17N3O3. The minimum absolute atomic E-state index is 0.261. The molecule has 15 heavy (non-hydrogen) atoms. The van der Waals surface area contributed by atoms with Gasteiger partial charge in [-0.2, -0.15) is 0 Å². The molecule has 0 aromatic heterocycles. The molecule has 0 saturated carbocycles. The topological polar surface area (TPSA) is 73.8 Å². The summed E-state index contributed by atoms with van der Waals surface area (Å²) in [4.78, 5) is 13.5. The van der Waals surface area contributed by atoms with E-state index >= 15 is 0 Å². The molecule has 2 aliphatic rings. The van der Waals surface area contributed by atoms with Gasteiger partial charge in [0.1, 0.15) is 0 Å². The number of nitrogens with one attached hydrogen (secondary N) is 2. The molecule has 1 amide bonds. The predicted octanol–water partition coefficient (Wildman–Crippen LogP) is -1.45. The fourth-order valence-corrected chi connectivity index (χ4v) is 2.22. The van der Waals surface area contributed by atoms with E-state index in [-0.39, 0.29) is 11.9 Å². The molecule has 2 atom stereocenters. The number of hydroxylamine groups is 1. The summed E-state index contributed by atoms with van der Waals surface area (Å²) < 4.78 is 5.27. The van der Waals surface area contributed by atoms with E-state index in [4.69, 9.17) is 9.94 Å². The van der Waals surface area contributed by atoms with E-state index in [9.17, 15) is 4.79 Å². The molecule has 0 aliphatic carbocycles. The Morgan fingerprint density at radius 3 is 2.87 bits per heavy atom. The maximum Gasteiger partial charge on any atom is 0.260 e. The first-order valence-corrected chi connectivity index (χ1v) is 5.30. The highest BCUT2D eigenvalue weighted by molar-refractivity contribution is 5.81. The Morgan fingerprint density at radius 2 is 2.20 bits per heavy atom. The van der Waals surface area contributed by atoms with E-state index in [0.717, 1.165) is 39.3 Å². The van der Waals surface area contributed by atoms with Crippen LogP contribution in [-0.4, -0.2) is 60.9 Å². The molecule has 0 aromatic carbocycles. The van der Waals surface area contributed by atoms with Crippen LogP contribution in [0, 0.1) is 0 Å². The van der Waals surface area contributed by atoms with E-state index < -0.39 is 0 Å². The zero-order valence-corrected chi connectivity index (χ0v) is 8.61. The Morgan fingerprint density at radius 1 is 1.47 bits per heavy atom. The van der Waals surface area contributed by atoms with Crippen molar-refractivity contribution in [1.29, 1.82) is 0 Å². The second-order valence-electron chi connectivity index (χ2n) is 3.97. The quantitative estimate of drug-likeness (QED) is 0.388. The molecule has 2 rings (SSSR count). The van der Waals surface area contributed by atoms with Crippen molar-refractivity contribution in [1.82, 2.24) is 15.7 Å². The molecule has 0 radical (unpaired) electrons. The van der Waals surface area contributed by atoms with Crippen LogP contribution in [0.25, 0.3) is 0 Å². The monoisotopic (exact) mass is 215 g/mol. The highest BCUT2D eigenvalue weighted by Gasteiger charge is 2.33. The second kappa shape index (κ2) is 4.89. The van der Waals surface area contributed by atoms with Crippen LogP contribution in [0.2, 0.25) is 0 Å². The Bertz CT molecular complexity index is 231. The number of carbonyl (C=O) groups excluding carboxylic acids is 1. The number of hydrogen-bond donors (Lipinski definition) is 3. The van der Waals surface area contributed by atoms with Gasteiger partial charge in [0.15, 0.2) is 0 Å². The average molecular weight is 215 g/mol. The Kier molecular flexibility index (Phi) is 3.53. The zero-order valence-electron chi connectivity index (χ0n) is 8.61. The Balaban J connectivity index is 1.83. The lowest BCUT2D eigenvalue weighted by Crippen LogP contribution is -2.44. The molecule has 2 saturated heterocycles. The average Bonchev–Trinajstić information content (AvgIpc) is 2.78. The first-order chi connectivity index (χ1) is 7.31. The fourth-order valence-electron chi connectivity index (χ4n) is 2.22. The van der Waals surface area contributed by atoms with E-state index in [1.807, 2.05) is 0 Å². The number of carbonyl (C=O) groups is 1.